The quantitative estimate of drug-likeness (QED) is 0.0248. The molecule has 4 atom stereocenters. The summed E-state index contributed by atoms with van der Waals surface area (Å²) in [4.78, 5) is 69.4. The Hall–Kier alpha value is -7.68. The summed E-state index contributed by atoms with van der Waals surface area (Å²) in [6.07, 6.45) is 11.5. The lowest BCUT2D eigenvalue weighted by Crippen LogP contribution is -2.63. The van der Waals surface area contributed by atoms with Crippen molar-refractivity contribution < 1.29 is 23.9 Å². The number of ether oxygens (including phenoxy) is 1. The fraction of sp³-hybridized carbons (Fsp3) is 0.390. The highest BCUT2D eigenvalue weighted by molar-refractivity contribution is 7.13. The van der Waals surface area contributed by atoms with Crippen LogP contribution in [-0.2, 0) is 32.2 Å². The van der Waals surface area contributed by atoms with Crippen molar-refractivity contribution in [3.05, 3.63) is 148 Å². The minimum atomic E-state index is -0.895. The van der Waals surface area contributed by atoms with Crippen LogP contribution in [0.3, 0.4) is 0 Å². The van der Waals surface area contributed by atoms with Gasteiger partial charge in [-0.3, -0.25) is 19.3 Å². The van der Waals surface area contributed by atoms with Gasteiger partial charge in [0.1, 0.15) is 30.6 Å². The van der Waals surface area contributed by atoms with E-state index in [1.54, 1.807) is 34.7 Å². The number of hydrogen-bond acceptors (Lipinski definition) is 12. The molecule has 9 rings (SSSR count). The summed E-state index contributed by atoms with van der Waals surface area (Å²) in [6.45, 7) is 9.11. The molecule has 5 aromatic rings. The Bertz CT molecular complexity index is 2990. The number of thiazole rings is 1. The van der Waals surface area contributed by atoms with Crippen LogP contribution in [-0.4, -0.2) is 95.3 Å². The van der Waals surface area contributed by atoms with Crippen molar-refractivity contribution in [3.63, 3.8) is 0 Å². The van der Waals surface area contributed by atoms with Crippen LogP contribution in [0.25, 0.3) is 16.0 Å². The van der Waals surface area contributed by atoms with Crippen LogP contribution in [0.5, 0.6) is 0 Å². The molecule has 3 heterocycles. The van der Waals surface area contributed by atoms with Gasteiger partial charge in [-0.05, 0) is 97.4 Å². The molecule has 0 radical (unpaired) electrons. The van der Waals surface area contributed by atoms with E-state index >= 15 is 0 Å². The number of amides is 5. The van der Waals surface area contributed by atoms with Crippen LogP contribution in [0.1, 0.15) is 87.2 Å². The number of aryl methyl sites for hydroxylation is 1. The molecule has 0 bridgehead atoms. The number of piperidine rings is 1. The predicted molar refractivity (Wildman–Crippen MR) is 296 cm³/mol. The molecule has 4 aliphatic rings. The molecule has 76 heavy (non-hydrogen) atoms. The number of aromatic nitrogens is 2. The number of nitrogens with one attached hydrogen (secondary N) is 6. The van der Waals surface area contributed by atoms with Crippen LogP contribution >= 0.6 is 11.3 Å². The van der Waals surface area contributed by atoms with Crippen LogP contribution in [0.2, 0.25) is 0 Å². The van der Waals surface area contributed by atoms with Crippen molar-refractivity contribution in [3.8, 4) is 16.5 Å². The largest absolute Gasteiger partial charge is 0.388 e. The number of urea groups is 1. The number of carbonyl (C=O) groups excluding carboxylic acids is 4. The smallest absolute Gasteiger partial charge is 0.322 e. The minimum absolute atomic E-state index is 0.00646. The van der Waals surface area contributed by atoms with Gasteiger partial charge >= 0.3 is 6.03 Å². The van der Waals surface area contributed by atoms with E-state index in [1.807, 2.05) is 123 Å². The number of nitriles is 1. The summed E-state index contributed by atoms with van der Waals surface area (Å²) in [7, 11) is 0. The average Bonchev–Trinajstić information content (AvgIpc) is 3.88. The maximum absolute atomic E-state index is 14.6. The topological polar surface area (TPSA) is 218 Å². The number of likely N-dealkylation sites (tertiary alicyclic amines) is 1. The zero-order chi connectivity index (χ0) is 53.4. The van der Waals surface area contributed by atoms with Gasteiger partial charge in [0.2, 0.25) is 17.7 Å². The standard InChI is InChI=1S/C59H67N11O5S/c1-38-53(76-37-66-38)43-13-10-40(11-14-43)31-64-55(72)50-28-59-27-45(59)26-46(59)35-69(50)56(73)54(58(2,3)4)68-52(71)36-75-25-24-62-34-44(30-61)42-15-19-48(20-16-42)70(57(74)65-32-39-8-6-5-7-9-39)49-21-17-47(18-22-49)67-51-23-12-41(29-60)33-63-51/h5-16,19-20,23,26,30,33-34,37,46-47,49-50,54,61-62H,17-18,21-22,24-25,27-28,31-32,35-36H2,1-4H3,(H,63,67)(H,64,72)(H,65,74)(H,68,71)/b44-34+,61-30?/t46?,47?,49?,50-,54+,59?/m0/s1. The summed E-state index contributed by atoms with van der Waals surface area (Å²) in [5.41, 5.74) is 9.23. The van der Waals surface area contributed by atoms with Crippen LogP contribution in [0.15, 0.2) is 121 Å². The predicted octanol–water partition coefficient (Wildman–Crippen LogP) is 8.52. The Labute approximate surface area is 448 Å². The number of rotatable bonds is 20. The third-order valence-electron chi connectivity index (χ3n) is 15.2. The molecule has 5 amide bonds. The van der Waals surface area contributed by atoms with Crippen molar-refractivity contribution in [2.75, 3.05) is 36.5 Å². The van der Waals surface area contributed by atoms with E-state index in [0.717, 1.165) is 76.4 Å². The van der Waals surface area contributed by atoms with Gasteiger partial charge in [-0.1, -0.05) is 99.2 Å². The third kappa shape index (κ3) is 12.4. The van der Waals surface area contributed by atoms with Crippen LogP contribution < -0.4 is 31.5 Å². The molecule has 1 spiro atoms. The maximum Gasteiger partial charge on any atom is 0.322 e. The Morgan fingerprint density at radius 2 is 1.68 bits per heavy atom. The number of allylic oxidation sites excluding steroid dienone is 2. The molecule has 16 nitrogen and oxygen atoms in total. The van der Waals surface area contributed by atoms with Crippen LogP contribution in [0, 0.1) is 40.4 Å². The fourth-order valence-corrected chi connectivity index (χ4v) is 11.6. The van der Waals surface area contributed by atoms with Crippen molar-refractivity contribution >= 4 is 58.4 Å². The average molecular weight is 1040 g/mol. The lowest BCUT2D eigenvalue weighted by Gasteiger charge is -2.47. The number of nitrogens with zero attached hydrogens (tertiary/aromatic N) is 5. The Morgan fingerprint density at radius 1 is 0.947 bits per heavy atom. The minimum Gasteiger partial charge on any atom is -0.388 e. The summed E-state index contributed by atoms with van der Waals surface area (Å²) >= 11 is 1.60. The third-order valence-corrected chi connectivity index (χ3v) is 16.2. The second-order valence-corrected chi connectivity index (χ2v) is 22.3. The number of anilines is 2. The van der Waals surface area contributed by atoms with E-state index in [1.165, 1.54) is 11.8 Å². The summed E-state index contributed by atoms with van der Waals surface area (Å²) in [6, 6.07) is 29.6. The van der Waals surface area contributed by atoms with E-state index in [9.17, 15) is 19.2 Å². The van der Waals surface area contributed by atoms with Crippen molar-refractivity contribution in [2.24, 2.45) is 16.7 Å². The zero-order valence-corrected chi connectivity index (χ0v) is 44.4. The first-order chi connectivity index (χ1) is 36.7. The van der Waals surface area contributed by atoms with Gasteiger partial charge in [-0.15, -0.1) is 11.3 Å². The molecule has 17 heteroatoms. The van der Waals surface area contributed by atoms with Gasteiger partial charge in [-0.2, -0.15) is 5.26 Å². The summed E-state index contributed by atoms with van der Waals surface area (Å²) < 4.78 is 5.78. The Kier molecular flexibility index (Phi) is 16.4. The number of pyridine rings is 1. The number of carbonyl (C=O) groups is 4. The molecular weight excluding hydrogens is 975 g/mol. The molecule has 1 saturated heterocycles. The molecule has 3 aromatic carbocycles. The highest BCUT2D eigenvalue weighted by atomic mass is 32.1. The van der Waals surface area contributed by atoms with Crippen molar-refractivity contribution in [1.82, 2.24) is 36.1 Å². The van der Waals surface area contributed by atoms with Gasteiger partial charge in [0.05, 0.1) is 28.3 Å². The fourth-order valence-electron chi connectivity index (χ4n) is 10.8. The molecule has 1 aliphatic heterocycles. The van der Waals surface area contributed by atoms with E-state index in [4.69, 9.17) is 15.4 Å². The highest BCUT2D eigenvalue weighted by Gasteiger charge is 2.65. The maximum atomic E-state index is 14.6. The first-order valence-electron chi connectivity index (χ1n) is 26.2. The Balaban J connectivity index is 0.764. The van der Waals surface area contributed by atoms with E-state index < -0.39 is 23.4 Å². The van der Waals surface area contributed by atoms with E-state index in [2.05, 4.69) is 48.7 Å². The van der Waals surface area contributed by atoms with Gasteiger partial charge in [0.15, 0.2) is 0 Å². The molecule has 2 saturated carbocycles. The molecule has 2 aromatic heterocycles. The summed E-state index contributed by atoms with van der Waals surface area (Å²) in [5, 5.41) is 33.2. The zero-order valence-electron chi connectivity index (χ0n) is 43.6. The van der Waals surface area contributed by atoms with Crippen LogP contribution in [0.4, 0.5) is 16.3 Å². The molecule has 394 valence electrons. The number of hydrogen-bond donors (Lipinski definition) is 6. The highest BCUT2D eigenvalue weighted by Crippen LogP contribution is 2.70. The van der Waals surface area contributed by atoms with E-state index in [-0.39, 0.29) is 54.5 Å². The molecular formula is C59H67N11O5S. The second kappa shape index (κ2) is 23.5. The number of benzene rings is 3. The first-order valence-corrected chi connectivity index (χ1v) is 27.0. The molecule has 2 unspecified atom stereocenters. The molecule has 3 aliphatic carbocycles. The monoisotopic (exact) mass is 1040 g/mol. The summed E-state index contributed by atoms with van der Waals surface area (Å²) in [5.74, 6) is 0.0102. The van der Waals surface area contributed by atoms with Crippen molar-refractivity contribution in [1.29, 1.82) is 10.7 Å². The van der Waals surface area contributed by atoms with Gasteiger partial charge in [0, 0.05) is 79.5 Å². The molecule has 3 fully saturated rings. The lowest BCUT2D eigenvalue weighted by molar-refractivity contribution is -0.150. The van der Waals surface area contributed by atoms with Gasteiger partial charge in [-0.25, -0.2) is 14.8 Å². The first kappa shape index (κ1) is 53.2. The second-order valence-electron chi connectivity index (χ2n) is 21.4. The molecule has 6 N–H and O–H groups in total. The SMILES string of the molecule is Cc1ncsc1-c1ccc(CNC(=O)[C@@H]2CC34CC3=CC4CN2C(=O)[C@@H](NC(=O)COCCN/C=C(\C=N)c2ccc(N(C(=O)NCc3ccccc3)C3CCC(Nc4ccc(C#N)cn4)CC3)cc2)C(C)(C)C)cc1. The Morgan fingerprint density at radius 3 is 2.33 bits per heavy atom. The van der Waals surface area contributed by atoms with Gasteiger partial charge < -0.3 is 41.6 Å². The normalized spacial score (nSPS) is 21.0. The van der Waals surface area contributed by atoms with E-state index in [0.29, 0.717) is 43.7 Å². The lowest BCUT2D eigenvalue weighted by atomic mass is 9.71. The van der Waals surface area contributed by atoms with Crippen molar-refractivity contribution in [2.45, 2.75) is 103 Å². The van der Waals surface area contributed by atoms with Gasteiger partial charge in [0.25, 0.3) is 0 Å².